The van der Waals surface area contributed by atoms with E-state index in [0.29, 0.717) is 18.9 Å². The zero-order valence-electron chi connectivity index (χ0n) is 11.9. The Morgan fingerprint density at radius 2 is 2.10 bits per heavy atom. The van der Waals surface area contributed by atoms with E-state index in [4.69, 9.17) is 14.6 Å². The molecule has 1 N–H and O–H groups in total. The van der Waals surface area contributed by atoms with Crippen LogP contribution in [-0.2, 0) is 14.3 Å². The van der Waals surface area contributed by atoms with E-state index in [1.54, 1.807) is 0 Å². The smallest absolute Gasteiger partial charge is 0.328 e. The molecule has 1 unspecified atom stereocenters. The van der Waals surface area contributed by atoms with Gasteiger partial charge in [-0.1, -0.05) is 17.7 Å². The average Bonchev–Trinajstić information content (AvgIpc) is 2.49. The number of benzene rings is 1. The topological polar surface area (TPSA) is 76.1 Å². The number of amides is 1. The van der Waals surface area contributed by atoms with Crippen LogP contribution >= 0.6 is 0 Å². The molecule has 0 spiro atoms. The van der Waals surface area contributed by atoms with Gasteiger partial charge in [-0.2, -0.15) is 0 Å². The lowest BCUT2D eigenvalue weighted by molar-refractivity contribution is -0.158. The van der Waals surface area contributed by atoms with Gasteiger partial charge in [-0.15, -0.1) is 0 Å². The summed E-state index contributed by atoms with van der Waals surface area (Å²) >= 11 is 0. The highest BCUT2D eigenvalue weighted by Crippen LogP contribution is 2.13. The summed E-state index contributed by atoms with van der Waals surface area (Å²) in [6.45, 7) is 2.93. The predicted octanol–water partition coefficient (Wildman–Crippen LogP) is 1.08. The minimum Gasteiger partial charge on any atom is -0.493 e. The van der Waals surface area contributed by atoms with E-state index < -0.39 is 12.0 Å². The third-order valence-corrected chi connectivity index (χ3v) is 3.34. The SMILES string of the molecule is Cc1ccc(OCCC(=O)N2CCOCC2C(=O)O)cc1. The minimum absolute atomic E-state index is 0.0416. The lowest BCUT2D eigenvalue weighted by atomic mass is 10.2. The Bertz CT molecular complexity index is 499. The average molecular weight is 293 g/mol. The van der Waals surface area contributed by atoms with Crippen LogP contribution in [0.25, 0.3) is 0 Å². The normalized spacial score (nSPS) is 18.3. The second-order valence-corrected chi connectivity index (χ2v) is 4.93. The third kappa shape index (κ3) is 4.19. The standard InChI is InChI=1S/C15H19NO5/c1-11-2-4-12(5-3-11)21-8-6-14(17)16-7-9-20-10-13(16)15(18)19/h2-5,13H,6-10H2,1H3,(H,18,19). The van der Waals surface area contributed by atoms with Crippen molar-refractivity contribution in [3.05, 3.63) is 29.8 Å². The number of hydrogen-bond acceptors (Lipinski definition) is 4. The van der Waals surface area contributed by atoms with E-state index in [0.717, 1.165) is 5.56 Å². The van der Waals surface area contributed by atoms with Crippen molar-refractivity contribution in [2.24, 2.45) is 0 Å². The van der Waals surface area contributed by atoms with Crippen LogP contribution in [0.5, 0.6) is 5.75 Å². The summed E-state index contributed by atoms with van der Waals surface area (Å²) < 4.78 is 10.6. The summed E-state index contributed by atoms with van der Waals surface area (Å²) in [6, 6.07) is 6.65. The van der Waals surface area contributed by atoms with Gasteiger partial charge in [0.1, 0.15) is 5.75 Å². The van der Waals surface area contributed by atoms with Gasteiger partial charge in [0.2, 0.25) is 5.91 Å². The van der Waals surface area contributed by atoms with Gasteiger partial charge < -0.3 is 19.5 Å². The van der Waals surface area contributed by atoms with Gasteiger partial charge in [-0.25, -0.2) is 4.79 Å². The van der Waals surface area contributed by atoms with Gasteiger partial charge in [0.25, 0.3) is 0 Å². The van der Waals surface area contributed by atoms with E-state index >= 15 is 0 Å². The summed E-state index contributed by atoms with van der Waals surface area (Å²) in [7, 11) is 0. The highest BCUT2D eigenvalue weighted by Gasteiger charge is 2.32. The van der Waals surface area contributed by atoms with E-state index in [2.05, 4.69) is 0 Å². The number of morpholine rings is 1. The molecule has 21 heavy (non-hydrogen) atoms. The van der Waals surface area contributed by atoms with Gasteiger partial charge in [-0.05, 0) is 19.1 Å². The van der Waals surface area contributed by atoms with Crippen LogP contribution in [0.4, 0.5) is 0 Å². The Hall–Kier alpha value is -2.08. The highest BCUT2D eigenvalue weighted by molar-refractivity contribution is 5.84. The fraction of sp³-hybridized carbons (Fsp3) is 0.467. The Morgan fingerprint density at radius 1 is 1.38 bits per heavy atom. The largest absolute Gasteiger partial charge is 0.493 e. The van der Waals surface area contributed by atoms with E-state index in [9.17, 15) is 9.59 Å². The van der Waals surface area contributed by atoms with Crippen LogP contribution in [0.2, 0.25) is 0 Å². The van der Waals surface area contributed by atoms with E-state index in [-0.39, 0.29) is 25.5 Å². The number of carboxylic acids is 1. The Balaban J connectivity index is 1.83. The number of nitrogens with zero attached hydrogens (tertiary/aromatic N) is 1. The number of carboxylic acid groups (broad SMARTS) is 1. The molecule has 1 amide bonds. The number of hydrogen-bond donors (Lipinski definition) is 1. The van der Waals surface area contributed by atoms with Crippen LogP contribution in [0.3, 0.4) is 0 Å². The van der Waals surface area contributed by atoms with Crippen molar-refractivity contribution in [1.29, 1.82) is 0 Å². The molecule has 1 saturated heterocycles. The van der Waals surface area contributed by atoms with Crippen molar-refractivity contribution in [2.45, 2.75) is 19.4 Å². The molecule has 0 aromatic heterocycles. The van der Waals surface area contributed by atoms with Crippen LogP contribution in [0, 0.1) is 6.92 Å². The first kappa shape index (κ1) is 15.3. The molecular formula is C15H19NO5. The molecule has 2 rings (SSSR count). The zero-order valence-corrected chi connectivity index (χ0v) is 11.9. The van der Waals surface area contributed by atoms with Crippen molar-refractivity contribution in [3.63, 3.8) is 0 Å². The van der Waals surface area contributed by atoms with Crippen LogP contribution < -0.4 is 4.74 Å². The summed E-state index contributed by atoms with van der Waals surface area (Å²) in [6.07, 6.45) is 0.150. The van der Waals surface area contributed by atoms with Crippen LogP contribution in [0.1, 0.15) is 12.0 Å². The highest BCUT2D eigenvalue weighted by atomic mass is 16.5. The molecule has 1 aliphatic heterocycles. The summed E-state index contributed by atoms with van der Waals surface area (Å²) in [4.78, 5) is 24.5. The summed E-state index contributed by atoms with van der Waals surface area (Å²) in [5.74, 6) is -0.564. The number of aryl methyl sites for hydroxylation is 1. The first-order chi connectivity index (χ1) is 10.1. The first-order valence-corrected chi connectivity index (χ1v) is 6.87. The number of carbonyl (C=O) groups is 2. The molecule has 6 heteroatoms. The number of rotatable bonds is 5. The monoisotopic (exact) mass is 293 g/mol. The zero-order chi connectivity index (χ0) is 15.2. The summed E-state index contributed by atoms with van der Waals surface area (Å²) in [5.41, 5.74) is 1.14. The predicted molar refractivity (Wildman–Crippen MR) is 75.2 cm³/mol. The number of ether oxygens (including phenoxy) is 2. The molecule has 0 aliphatic carbocycles. The molecule has 1 aromatic rings. The minimum atomic E-state index is -1.04. The van der Waals surface area contributed by atoms with Crippen LogP contribution in [0.15, 0.2) is 24.3 Å². The Labute approximate surface area is 123 Å². The number of carbonyl (C=O) groups excluding carboxylic acids is 1. The molecular weight excluding hydrogens is 274 g/mol. The van der Waals surface area contributed by atoms with E-state index in [1.165, 1.54) is 4.90 Å². The second-order valence-electron chi connectivity index (χ2n) is 4.93. The molecule has 1 heterocycles. The summed E-state index contributed by atoms with van der Waals surface area (Å²) in [5, 5.41) is 9.08. The lowest BCUT2D eigenvalue weighted by Crippen LogP contribution is -2.52. The maximum Gasteiger partial charge on any atom is 0.328 e. The molecule has 6 nitrogen and oxygen atoms in total. The van der Waals surface area contributed by atoms with Crippen molar-refractivity contribution in [3.8, 4) is 5.75 Å². The van der Waals surface area contributed by atoms with Crippen molar-refractivity contribution >= 4 is 11.9 Å². The third-order valence-electron chi connectivity index (χ3n) is 3.34. The molecule has 1 aromatic carbocycles. The lowest BCUT2D eigenvalue weighted by Gasteiger charge is -2.32. The van der Waals surface area contributed by atoms with Gasteiger partial charge in [0.05, 0.1) is 26.2 Å². The fourth-order valence-corrected chi connectivity index (χ4v) is 2.14. The molecule has 0 radical (unpaired) electrons. The Morgan fingerprint density at radius 3 is 2.76 bits per heavy atom. The van der Waals surface area contributed by atoms with Crippen molar-refractivity contribution in [2.75, 3.05) is 26.4 Å². The molecule has 1 fully saturated rings. The van der Waals surface area contributed by atoms with Gasteiger partial charge in [0, 0.05) is 6.54 Å². The Kier molecular flexibility index (Phi) is 5.16. The quantitative estimate of drug-likeness (QED) is 0.879. The first-order valence-electron chi connectivity index (χ1n) is 6.87. The van der Waals surface area contributed by atoms with E-state index in [1.807, 2.05) is 31.2 Å². The van der Waals surface area contributed by atoms with Crippen molar-refractivity contribution < 1.29 is 24.2 Å². The fourth-order valence-electron chi connectivity index (χ4n) is 2.14. The molecule has 0 bridgehead atoms. The molecule has 114 valence electrons. The number of aliphatic carboxylic acids is 1. The van der Waals surface area contributed by atoms with Crippen LogP contribution in [-0.4, -0.2) is 54.3 Å². The molecule has 1 aliphatic rings. The van der Waals surface area contributed by atoms with Crippen molar-refractivity contribution in [1.82, 2.24) is 4.90 Å². The van der Waals surface area contributed by atoms with Gasteiger partial charge in [-0.3, -0.25) is 4.79 Å². The second kappa shape index (κ2) is 7.08. The van der Waals surface area contributed by atoms with Gasteiger partial charge in [0.15, 0.2) is 6.04 Å². The van der Waals surface area contributed by atoms with Gasteiger partial charge >= 0.3 is 5.97 Å². The maximum absolute atomic E-state index is 12.1. The maximum atomic E-state index is 12.1. The molecule has 0 saturated carbocycles. The molecule has 1 atom stereocenters.